The van der Waals surface area contributed by atoms with Crippen molar-refractivity contribution in [1.29, 1.82) is 0 Å². The summed E-state index contributed by atoms with van der Waals surface area (Å²) in [6, 6.07) is 23.0. The molecular weight excluding hydrogens is 408 g/mol. The normalized spacial score (nSPS) is 17.4. The second kappa shape index (κ2) is 9.75. The van der Waals surface area contributed by atoms with Crippen LogP contribution >= 0.6 is 0 Å². The van der Waals surface area contributed by atoms with Crippen LogP contribution in [-0.2, 0) is 17.6 Å². The molecule has 0 amide bonds. The van der Waals surface area contributed by atoms with Crippen LogP contribution in [0.4, 0.5) is 0 Å². The maximum atomic E-state index is 13.0. The van der Waals surface area contributed by atoms with E-state index in [2.05, 4.69) is 4.90 Å². The summed E-state index contributed by atoms with van der Waals surface area (Å²) in [6.45, 7) is 4.79. The molecule has 1 saturated heterocycles. The fraction of sp³-hybridized carbons (Fsp3) is 0.280. The molecule has 6 heteroatoms. The number of aliphatic hydroxyl groups is 1. The van der Waals surface area contributed by atoms with Gasteiger partial charge in [0.05, 0.1) is 17.5 Å². The Morgan fingerprint density at radius 1 is 0.935 bits per heavy atom. The van der Waals surface area contributed by atoms with Crippen molar-refractivity contribution in [3.8, 4) is 5.75 Å². The highest BCUT2D eigenvalue weighted by Gasteiger charge is 2.30. The number of rotatable bonds is 6. The summed E-state index contributed by atoms with van der Waals surface area (Å²) in [7, 11) is -1.18. The van der Waals surface area contributed by atoms with Crippen LogP contribution < -0.4 is 0 Å². The Bertz CT molecular complexity index is 1050. The molecule has 1 aliphatic heterocycles. The zero-order chi connectivity index (χ0) is 21.8. The zero-order valence-corrected chi connectivity index (χ0v) is 18.5. The van der Waals surface area contributed by atoms with Crippen molar-refractivity contribution in [3.63, 3.8) is 0 Å². The van der Waals surface area contributed by atoms with E-state index in [4.69, 9.17) is 0 Å². The van der Waals surface area contributed by atoms with Gasteiger partial charge in [0.25, 0.3) is 0 Å². The summed E-state index contributed by atoms with van der Waals surface area (Å²) in [4.78, 5) is 3.14. The minimum atomic E-state index is -1.18. The van der Waals surface area contributed by atoms with E-state index in [0.29, 0.717) is 13.1 Å². The number of phenolic OH excluding ortho intramolecular Hbond substituents is 1. The lowest BCUT2D eigenvalue weighted by molar-refractivity contribution is 0.157. The first-order valence-electron chi connectivity index (χ1n) is 10.5. The van der Waals surface area contributed by atoms with Crippen LogP contribution in [0.3, 0.4) is 0 Å². The number of aryl methyl sites for hydroxylation is 1. The van der Waals surface area contributed by atoms with Gasteiger partial charge in [0, 0.05) is 31.7 Å². The minimum absolute atomic E-state index is 0.0232. The van der Waals surface area contributed by atoms with E-state index in [1.54, 1.807) is 6.07 Å². The molecule has 2 unspecified atom stereocenters. The van der Waals surface area contributed by atoms with Crippen molar-refractivity contribution in [2.75, 3.05) is 26.2 Å². The van der Waals surface area contributed by atoms with Gasteiger partial charge in [-0.05, 0) is 36.2 Å². The first-order valence-corrected chi connectivity index (χ1v) is 11.6. The zero-order valence-electron chi connectivity index (χ0n) is 17.6. The summed E-state index contributed by atoms with van der Waals surface area (Å²) in [5, 5.41) is 20.2. The molecule has 0 radical (unpaired) electrons. The third-order valence-corrected chi connectivity index (χ3v) is 7.29. The number of para-hydroxylation sites is 1. The molecule has 0 aromatic heterocycles. The molecule has 4 rings (SSSR count). The van der Waals surface area contributed by atoms with Gasteiger partial charge < -0.3 is 10.2 Å². The van der Waals surface area contributed by atoms with Crippen molar-refractivity contribution < 1.29 is 14.4 Å². The number of benzene rings is 3. The molecule has 5 nitrogen and oxygen atoms in total. The molecule has 31 heavy (non-hydrogen) atoms. The second-order valence-corrected chi connectivity index (χ2v) is 9.38. The number of hydrogen-bond donors (Lipinski definition) is 2. The van der Waals surface area contributed by atoms with E-state index < -0.39 is 11.0 Å². The van der Waals surface area contributed by atoms with Gasteiger partial charge in [0.2, 0.25) is 0 Å². The molecule has 2 atom stereocenters. The van der Waals surface area contributed by atoms with Crippen molar-refractivity contribution in [2.24, 2.45) is 0 Å². The van der Waals surface area contributed by atoms with Crippen molar-refractivity contribution in [2.45, 2.75) is 24.5 Å². The number of aliphatic hydroxyl groups excluding tert-OH is 1. The maximum absolute atomic E-state index is 13.0. The van der Waals surface area contributed by atoms with Gasteiger partial charge in [-0.2, -0.15) is 0 Å². The number of piperazine rings is 1. The molecule has 2 N–H and O–H groups in total. The van der Waals surface area contributed by atoms with E-state index in [0.717, 1.165) is 40.2 Å². The summed E-state index contributed by atoms with van der Waals surface area (Å²) in [5.41, 5.74) is 3.87. The highest BCUT2D eigenvalue weighted by atomic mass is 32.2. The molecule has 1 fully saturated rings. The predicted octanol–water partition coefficient (Wildman–Crippen LogP) is 3.62. The molecule has 3 aromatic rings. The lowest BCUT2D eigenvalue weighted by Crippen LogP contribution is -2.48. The Morgan fingerprint density at radius 2 is 1.65 bits per heavy atom. The van der Waals surface area contributed by atoms with Crippen LogP contribution in [-0.4, -0.2) is 49.8 Å². The molecule has 1 heterocycles. The Balaban J connectivity index is 1.57. The number of hydrogen-bond acceptors (Lipinski definition) is 4. The first kappa shape index (κ1) is 21.7. The fourth-order valence-electron chi connectivity index (χ4n) is 4.10. The molecular formula is C25H28N2O3S. The number of nitrogens with zero attached hydrogens (tertiary/aromatic N) is 2. The van der Waals surface area contributed by atoms with E-state index in [-0.39, 0.29) is 18.4 Å². The van der Waals surface area contributed by atoms with Gasteiger partial charge >= 0.3 is 0 Å². The fourth-order valence-corrected chi connectivity index (χ4v) is 5.26. The average Bonchev–Trinajstić information content (AvgIpc) is 2.81. The van der Waals surface area contributed by atoms with Crippen LogP contribution in [0.1, 0.15) is 28.3 Å². The molecule has 0 spiro atoms. The highest BCUT2D eigenvalue weighted by molar-refractivity contribution is 7.82. The Labute approximate surface area is 186 Å². The van der Waals surface area contributed by atoms with Crippen LogP contribution in [0.25, 0.3) is 0 Å². The molecule has 3 aromatic carbocycles. The lowest BCUT2D eigenvalue weighted by Gasteiger charge is -2.39. The van der Waals surface area contributed by atoms with Gasteiger partial charge in [0.15, 0.2) is 0 Å². The van der Waals surface area contributed by atoms with E-state index in [1.165, 1.54) is 0 Å². The first-order chi connectivity index (χ1) is 15.1. The molecule has 0 bridgehead atoms. The van der Waals surface area contributed by atoms with Gasteiger partial charge in [-0.3, -0.25) is 4.90 Å². The van der Waals surface area contributed by atoms with Gasteiger partial charge in [-0.25, -0.2) is 8.51 Å². The van der Waals surface area contributed by atoms with E-state index in [9.17, 15) is 14.4 Å². The Morgan fingerprint density at radius 3 is 2.32 bits per heavy atom. The monoisotopic (exact) mass is 436 g/mol. The van der Waals surface area contributed by atoms with Crippen LogP contribution in [0, 0.1) is 6.92 Å². The SMILES string of the molecule is Cc1ccc(S(=O)N2CCN(C(c3cccc(CO)c3)c3ccccc3O)CC2)cc1. The third-order valence-electron chi connectivity index (χ3n) is 5.78. The largest absolute Gasteiger partial charge is 0.508 e. The van der Waals surface area contributed by atoms with Crippen molar-refractivity contribution >= 4 is 11.0 Å². The molecule has 1 aliphatic rings. The molecule has 0 aliphatic carbocycles. The average molecular weight is 437 g/mol. The van der Waals surface area contributed by atoms with Crippen LogP contribution in [0.15, 0.2) is 77.7 Å². The van der Waals surface area contributed by atoms with Crippen LogP contribution in [0.5, 0.6) is 5.75 Å². The standard InChI is InChI=1S/C25H28N2O3S/c1-19-9-11-22(12-10-19)31(30)27-15-13-26(14-16-27)25(23-7-2-3-8-24(23)29)21-6-4-5-20(17-21)18-28/h2-12,17,25,28-29H,13-16,18H2,1H3. The summed E-state index contributed by atoms with van der Waals surface area (Å²) >= 11 is 0. The number of aromatic hydroxyl groups is 1. The minimum Gasteiger partial charge on any atom is -0.508 e. The third kappa shape index (κ3) is 4.88. The summed E-state index contributed by atoms with van der Waals surface area (Å²) < 4.78 is 15.0. The Kier molecular flexibility index (Phi) is 6.83. The summed E-state index contributed by atoms with van der Waals surface area (Å²) in [5.74, 6) is 0.257. The van der Waals surface area contributed by atoms with Crippen molar-refractivity contribution in [3.05, 3.63) is 95.1 Å². The molecule has 0 saturated carbocycles. The second-order valence-electron chi connectivity index (χ2n) is 7.89. The predicted molar refractivity (Wildman–Crippen MR) is 123 cm³/mol. The lowest BCUT2D eigenvalue weighted by atomic mass is 9.94. The smallest absolute Gasteiger partial charge is 0.127 e. The van der Waals surface area contributed by atoms with Gasteiger partial charge in [0.1, 0.15) is 16.7 Å². The van der Waals surface area contributed by atoms with E-state index >= 15 is 0 Å². The van der Waals surface area contributed by atoms with Gasteiger partial charge in [-0.1, -0.05) is 60.2 Å². The quantitative estimate of drug-likeness (QED) is 0.620. The topological polar surface area (TPSA) is 64.0 Å². The van der Waals surface area contributed by atoms with Gasteiger partial charge in [-0.15, -0.1) is 0 Å². The van der Waals surface area contributed by atoms with Crippen LogP contribution in [0.2, 0.25) is 0 Å². The molecule has 162 valence electrons. The maximum Gasteiger partial charge on any atom is 0.127 e. The summed E-state index contributed by atoms with van der Waals surface area (Å²) in [6.07, 6.45) is 0. The Hall–Kier alpha value is -2.51. The van der Waals surface area contributed by atoms with Crippen molar-refractivity contribution in [1.82, 2.24) is 9.21 Å². The number of phenols is 1. The highest BCUT2D eigenvalue weighted by Crippen LogP contribution is 2.35. The van der Waals surface area contributed by atoms with E-state index in [1.807, 2.05) is 78.0 Å².